The molecule has 0 aromatic heterocycles. The van der Waals surface area contributed by atoms with E-state index in [0.29, 0.717) is 25.7 Å². The Hall–Kier alpha value is -0.220. The molecule has 1 rings (SSSR count). The number of hydrogen-bond donors (Lipinski definition) is 2. The van der Waals surface area contributed by atoms with E-state index in [2.05, 4.69) is 4.52 Å². The fourth-order valence-corrected chi connectivity index (χ4v) is 2.12. The van der Waals surface area contributed by atoms with Crippen LogP contribution in [0.15, 0.2) is 0 Å². The summed E-state index contributed by atoms with van der Waals surface area (Å²) in [6, 6.07) is 0. The molecular formula is C7H13O5P. The number of hydrogen-bond acceptors (Lipinski definition) is 3. The van der Waals surface area contributed by atoms with Crippen molar-refractivity contribution >= 4 is 14.1 Å². The predicted octanol–water partition coefficient (Wildman–Crippen LogP) is 0.853. The van der Waals surface area contributed by atoms with Crippen LogP contribution in [0.2, 0.25) is 0 Å². The van der Waals surface area contributed by atoms with E-state index in [4.69, 9.17) is 9.79 Å². The van der Waals surface area contributed by atoms with Crippen molar-refractivity contribution < 1.29 is 23.7 Å². The standard InChI is InChI=1S/C7H13O5P/c8-5-6-1-3-7(4-2-6)12-13(9,10)11/h5-7H,1-4H2,(H2,9,10,11). The van der Waals surface area contributed by atoms with Crippen LogP contribution in [-0.4, -0.2) is 22.2 Å². The first-order valence-electron chi connectivity index (χ1n) is 4.20. The second kappa shape index (κ2) is 4.33. The first-order chi connectivity index (χ1) is 6.01. The molecule has 0 saturated heterocycles. The minimum atomic E-state index is -4.35. The number of rotatable bonds is 3. The maximum atomic E-state index is 10.5. The summed E-state index contributed by atoms with van der Waals surface area (Å²) in [7, 11) is -4.35. The molecule has 0 aromatic rings. The molecule has 76 valence electrons. The van der Waals surface area contributed by atoms with Gasteiger partial charge < -0.3 is 14.6 Å². The van der Waals surface area contributed by atoms with Crippen molar-refractivity contribution in [3.63, 3.8) is 0 Å². The van der Waals surface area contributed by atoms with Crippen LogP contribution in [0.1, 0.15) is 25.7 Å². The SMILES string of the molecule is O=CC1CCC(OP(=O)(O)O)CC1. The van der Waals surface area contributed by atoms with Gasteiger partial charge in [-0.1, -0.05) is 0 Å². The van der Waals surface area contributed by atoms with Crippen molar-refractivity contribution in [3.8, 4) is 0 Å². The van der Waals surface area contributed by atoms with E-state index in [0.717, 1.165) is 6.29 Å². The second-order valence-corrected chi connectivity index (χ2v) is 4.46. The van der Waals surface area contributed by atoms with Gasteiger partial charge in [0.2, 0.25) is 0 Å². The van der Waals surface area contributed by atoms with Gasteiger partial charge in [0, 0.05) is 5.92 Å². The molecule has 0 aliphatic heterocycles. The van der Waals surface area contributed by atoms with Crippen molar-refractivity contribution in [1.82, 2.24) is 0 Å². The summed E-state index contributed by atoms with van der Waals surface area (Å²) in [5.41, 5.74) is 0. The Labute approximate surface area is 76.3 Å². The largest absolute Gasteiger partial charge is 0.469 e. The van der Waals surface area contributed by atoms with Crippen molar-refractivity contribution in [2.75, 3.05) is 0 Å². The maximum absolute atomic E-state index is 10.5. The van der Waals surface area contributed by atoms with Crippen LogP contribution in [0.3, 0.4) is 0 Å². The molecule has 1 saturated carbocycles. The third-order valence-corrected chi connectivity index (χ3v) is 2.77. The van der Waals surface area contributed by atoms with Gasteiger partial charge in [0.25, 0.3) is 0 Å². The lowest BCUT2D eigenvalue weighted by Crippen LogP contribution is -2.21. The Balaban J connectivity index is 2.33. The molecule has 1 fully saturated rings. The van der Waals surface area contributed by atoms with E-state index in [-0.39, 0.29) is 5.92 Å². The molecular weight excluding hydrogens is 195 g/mol. The van der Waals surface area contributed by atoms with Gasteiger partial charge >= 0.3 is 7.82 Å². The van der Waals surface area contributed by atoms with Crippen LogP contribution in [0, 0.1) is 5.92 Å². The highest BCUT2D eigenvalue weighted by molar-refractivity contribution is 7.46. The van der Waals surface area contributed by atoms with Gasteiger partial charge in [-0.3, -0.25) is 4.52 Å². The molecule has 0 atom stereocenters. The second-order valence-electron chi connectivity index (χ2n) is 3.27. The quantitative estimate of drug-likeness (QED) is 0.530. The average Bonchev–Trinajstić information content (AvgIpc) is 2.03. The highest BCUT2D eigenvalue weighted by Gasteiger charge is 2.27. The van der Waals surface area contributed by atoms with Gasteiger partial charge in [0.15, 0.2) is 0 Å². The molecule has 13 heavy (non-hydrogen) atoms. The Kier molecular flexibility index (Phi) is 3.62. The minimum Gasteiger partial charge on any atom is -0.303 e. The number of carbonyl (C=O) groups excluding carboxylic acids is 1. The summed E-state index contributed by atoms with van der Waals surface area (Å²) in [5.74, 6) is 0.0385. The molecule has 0 amide bonds. The summed E-state index contributed by atoms with van der Waals surface area (Å²) in [6.45, 7) is 0. The highest BCUT2D eigenvalue weighted by atomic mass is 31.2. The smallest absolute Gasteiger partial charge is 0.303 e. The van der Waals surface area contributed by atoms with Crippen LogP contribution in [0.4, 0.5) is 0 Å². The van der Waals surface area contributed by atoms with E-state index in [1.54, 1.807) is 0 Å². The fourth-order valence-electron chi connectivity index (χ4n) is 1.52. The molecule has 0 heterocycles. The van der Waals surface area contributed by atoms with Crippen LogP contribution < -0.4 is 0 Å². The van der Waals surface area contributed by atoms with E-state index in [9.17, 15) is 9.36 Å². The Morgan fingerprint density at radius 3 is 2.15 bits per heavy atom. The van der Waals surface area contributed by atoms with Crippen LogP contribution >= 0.6 is 7.82 Å². The van der Waals surface area contributed by atoms with Gasteiger partial charge in [-0.05, 0) is 25.7 Å². The van der Waals surface area contributed by atoms with Crippen molar-refractivity contribution in [1.29, 1.82) is 0 Å². The molecule has 5 nitrogen and oxygen atoms in total. The molecule has 2 N–H and O–H groups in total. The Morgan fingerprint density at radius 2 is 1.77 bits per heavy atom. The summed E-state index contributed by atoms with van der Waals surface area (Å²) in [5, 5.41) is 0. The minimum absolute atomic E-state index is 0.0385. The number of phosphoric ester groups is 1. The molecule has 1 aliphatic carbocycles. The van der Waals surface area contributed by atoms with Crippen molar-refractivity contribution in [2.45, 2.75) is 31.8 Å². The number of carbonyl (C=O) groups is 1. The molecule has 1 aliphatic rings. The van der Waals surface area contributed by atoms with Gasteiger partial charge in [-0.25, -0.2) is 4.57 Å². The van der Waals surface area contributed by atoms with Gasteiger partial charge in [-0.15, -0.1) is 0 Å². The Morgan fingerprint density at radius 1 is 1.23 bits per heavy atom. The summed E-state index contributed by atoms with van der Waals surface area (Å²) in [6.07, 6.45) is 2.93. The van der Waals surface area contributed by atoms with E-state index >= 15 is 0 Å². The molecule has 0 bridgehead atoms. The lowest BCUT2D eigenvalue weighted by molar-refractivity contribution is -0.112. The number of aldehydes is 1. The lowest BCUT2D eigenvalue weighted by Gasteiger charge is -2.25. The van der Waals surface area contributed by atoms with E-state index < -0.39 is 13.9 Å². The molecule has 0 aromatic carbocycles. The average molecular weight is 208 g/mol. The highest BCUT2D eigenvalue weighted by Crippen LogP contribution is 2.41. The Bertz CT molecular complexity index is 215. The summed E-state index contributed by atoms with van der Waals surface area (Å²) in [4.78, 5) is 27.4. The lowest BCUT2D eigenvalue weighted by atomic mass is 9.89. The third kappa shape index (κ3) is 4.00. The maximum Gasteiger partial charge on any atom is 0.469 e. The first kappa shape index (κ1) is 10.9. The van der Waals surface area contributed by atoms with Crippen LogP contribution in [0.25, 0.3) is 0 Å². The van der Waals surface area contributed by atoms with Gasteiger partial charge in [0.1, 0.15) is 6.29 Å². The predicted molar refractivity (Wildman–Crippen MR) is 44.9 cm³/mol. The third-order valence-electron chi connectivity index (χ3n) is 2.20. The van der Waals surface area contributed by atoms with E-state index in [1.807, 2.05) is 0 Å². The monoisotopic (exact) mass is 208 g/mol. The summed E-state index contributed by atoms with van der Waals surface area (Å²) < 4.78 is 15.0. The first-order valence-corrected chi connectivity index (χ1v) is 5.73. The fraction of sp³-hybridized carbons (Fsp3) is 0.857. The van der Waals surface area contributed by atoms with Crippen molar-refractivity contribution in [3.05, 3.63) is 0 Å². The number of phosphoric acid groups is 1. The van der Waals surface area contributed by atoms with Gasteiger partial charge in [-0.2, -0.15) is 0 Å². The molecule has 0 spiro atoms. The van der Waals surface area contributed by atoms with Crippen molar-refractivity contribution in [2.24, 2.45) is 5.92 Å². The zero-order valence-corrected chi connectivity index (χ0v) is 8.02. The molecule has 0 unspecified atom stereocenters. The summed E-state index contributed by atoms with van der Waals surface area (Å²) >= 11 is 0. The molecule has 6 heteroatoms. The zero-order chi connectivity index (χ0) is 9.90. The topological polar surface area (TPSA) is 83.8 Å². The van der Waals surface area contributed by atoms with Gasteiger partial charge in [0.05, 0.1) is 6.10 Å². The van der Waals surface area contributed by atoms with E-state index in [1.165, 1.54) is 0 Å². The normalized spacial score (nSPS) is 30.0. The zero-order valence-electron chi connectivity index (χ0n) is 7.13. The molecule has 0 radical (unpaired) electrons. The van der Waals surface area contributed by atoms with Crippen LogP contribution in [0.5, 0.6) is 0 Å². The van der Waals surface area contributed by atoms with Crippen LogP contribution in [-0.2, 0) is 13.9 Å².